The van der Waals surface area contributed by atoms with Gasteiger partial charge >= 0.3 is 0 Å². The van der Waals surface area contributed by atoms with Gasteiger partial charge in [-0.25, -0.2) is 0 Å². The lowest BCUT2D eigenvalue weighted by molar-refractivity contribution is -0.136. The van der Waals surface area contributed by atoms with Crippen molar-refractivity contribution in [2.24, 2.45) is 11.7 Å². The molecule has 2 N–H and O–H groups in total. The zero-order valence-electron chi connectivity index (χ0n) is 19.9. The lowest BCUT2D eigenvalue weighted by Crippen LogP contribution is -2.41. The van der Waals surface area contributed by atoms with Gasteiger partial charge in [0.15, 0.2) is 0 Å². The second kappa shape index (κ2) is 13.3. The topological polar surface area (TPSA) is 86.9 Å². The van der Waals surface area contributed by atoms with Crippen LogP contribution < -0.4 is 10.5 Å². The van der Waals surface area contributed by atoms with Crippen molar-refractivity contribution in [3.63, 3.8) is 0 Å². The third kappa shape index (κ3) is 8.11. The number of aromatic nitrogens is 1. The van der Waals surface area contributed by atoms with Crippen molar-refractivity contribution in [3.8, 4) is 5.75 Å². The number of pyridine rings is 1. The van der Waals surface area contributed by atoms with Crippen molar-refractivity contribution >= 4 is 5.91 Å². The largest absolute Gasteiger partial charge is 0.491 e. The van der Waals surface area contributed by atoms with Crippen molar-refractivity contribution in [1.82, 2.24) is 9.88 Å². The van der Waals surface area contributed by atoms with Gasteiger partial charge in [-0.1, -0.05) is 12.1 Å². The normalized spacial score (nSPS) is 14.2. The predicted molar refractivity (Wildman–Crippen MR) is 128 cm³/mol. The van der Waals surface area contributed by atoms with Crippen LogP contribution in [0.1, 0.15) is 36.0 Å². The van der Waals surface area contributed by atoms with Crippen molar-refractivity contribution < 1.29 is 19.0 Å². The Balaban J connectivity index is 1.75. The highest BCUT2D eigenvalue weighted by molar-refractivity contribution is 5.80. The van der Waals surface area contributed by atoms with E-state index in [0.717, 1.165) is 42.6 Å². The molecule has 1 amide bonds. The van der Waals surface area contributed by atoms with Gasteiger partial charge in [0, 0.05) is 52.4 Å². The lowest BCUT2D eigenvalue weighted by Gasteiger charge is -2.27. The first-order valence-electron chi connectivity index (χ1n) is 11.8. The maximum atomic E-state index is 13.5. The van der Waals surface area contributed by atoms with E-state index in [9.17, 15) is 4.79 Å². The Morgan fingerprint density at radius 3 is 2.58 bits per heavy atom. The predicted octanol–water partition coefficient (Wildman–Crippen LogP) is 2.99. The summed E-state index contributed by atoms with van der Waals surface area (Å²) in [4.78, 5) is 19.7. The fraction of sp³-hybridized carbons (Fsp3) is 0.538. The average Bonchev–Trinajstić information content (AvgIpc) is 3.67. The summed E-state index contributed by atoms with van der Waals surface area (Å²) in [5.41, 5.74) is 9.34. The zero-order valence-corrected chi connectivity index (χ0v) is 19.9. The van der Waals surface area contributed by atoms with Crippen molar-refractivity contribution in [2.45, 2.75) is 44.7 Å². The summed E-state index contributed by atoms with van der Waals surface area (Å²) in [5.74, 6) is 0.679. The van der Waals surface area contributed by atoms with E-state index >= 15 is 0 Å². The number of rotatable bonds is 15. The van der Waals surface area contributed by atoms with E-state index < -0.39 is 0 Å². The van der Waals surface area contributed by atoms with Crippen LogP contribution >= 0.6 is 0 Å². The molecule has 1 aliphatic rings. The number of nitrogens with two attached hydrogens (primary N) is 1. The summed E-state index contributed by atoms with van der Waals surface area (Å²) < 4.78 is 16.2. The summed E-state index contributed by atoms with van der Waals surface area (Å²) in [6.07, 6.45) is 8.07. The van der Waals surface area contributed by atoms with Crippen LogP contribution in [0.15, 0.2) is 42.7 Å². The van der Waals surface area contributed by atoms with Gasteiger partial charge in [0.05, 0.1) is 12.5 Å². The number of amides is 1. The molecule has 1 unspecified atom stereocenters. The number of methoxy groups -OCH3 is 2. The Bertz CT molecular complexity index is 830. The molecule has 0 saturated heterocycles. The van der Waals surface area contributed by atoms with Gasteiger partial charge in [-0.2, -0.15) is 0 Å². The second-order valence-corrected chi connectivity index (χ2v) is 8.62. The average molecular weight is 456 g/mol. The summed E-state index contributed by atoms with van der Waals surface area (Å²) in [7, 11) is 3.38. The highest BCUT2D eigenvalue weighted by atomic mass is 16.5. The number of benzene rings is 1. The van der Waals surface area contributed by atoms with Crippen LogP contribution in [0.4, 0.5) is 0 Å². The second-order valence-electron chi connectivity index (χ2n) is 8.62. The van der Waals surface area contributed by atoms with Gasteiger partial charge in [-0.05, 0) is 67.0 Å². The van der Waals surface area contributed by atoms with Crippen LogP contribution in [0, 0.1) is 5.92 Å². The van der Waals surface area contributed by atoms with Crippen LogP contribution in [0.3, 0.4) is 0 Å². The maximum Gasteiger partial charge on any atom is 0.227 e. The highest BCUT2D eigenvalue weighted by Gasteiger charge is 2.35. The van der Waals surface area contributed by atoms with Gasteiger partial charge < -0.3 is 24.8 Å². The molecule has 180 valence electrons. The van der Waals surface area contributed by atoms with Crippen LogP contribution in [0.2, 0.25) is 0 Å². The van der Waals surface area contributed by atoms with Gasteiger partial charge in [0.1, 0.15) is 12.4 Å². The van der Waals surface area contributed by atoms with Crippen LogP contribution in [0.5, 0.6) is 5.75 Å². The number of ether oxygens (including phenoxy) is 3. The fourth-order valence-electron chi connectivity index (χ4n) is 3.99. The first-order chi connectivity index (χ1) is 16.1. The Labute approximate surface area is 197 Å². The van der Waals surface area contributed by atoms with E-state index in [1.165, 1.54) is 5.56 Å². The van der Waals surface area contributed by atoms with E-state index in [2.05, 4.69) is 17.1 Å². The molecule has 1 atom stereocenters. The molecule has 1 aromatic carbocycles. The molecule has 1 heterocycles. The van der Waals surface area contributed by atoms with Crippen molar-refractivity contribution in [2.75, 3.05) is 40.6 Å². The molecular weight excluding hydrogens is 418 g/mol. The van der Waals surface area contributed by atoms with Crippen molar-refractivity contribution in [3.05, 3.63) is 59.4 Å². The molecule has 1 aliphatic carbocycles. The first kappa shape index (κ1) is 25.1. The van der Waals surface area contributed by atoms with Crippen LogP contribution in [-0.2, 0) is 33.7 Å². The number of carbonyl (C=O) groups excluding carboxylic acids is 1. The zero-order chi connectivity index (χ0) is 23.5. The van der Waals surface area contributed by atoms with Gasteiger partial charge in [0.2, 0.25) is 5.91 Å². The molecule has 0 bridgehead atoms. The quantitative estimate of drug-likeness (QED) is 0.416. The first-order valence-corrected chi connectivity index (χ1v) is 11.8. The van der Waals surface area contributed by atoms with Gasteiger partial charge in [-0.3, -0.25) is 9.78 Å². The summed E-state index contributed by atoms with van der Waals surface area (Å²) in [5, 5.41) is 0. The molecule has 7 heteroatoms. The van der Waals surface area contributed by atoms with E-state index in [-0.39, 0.29) is 17.9 Å². The molecule has 3 rings (SSSR count). The molecule has 0 aliphatic heterocycles. The van der Waals surface area contributed by atoms with Gasteiger partial charge in [0.25, 0.3) is 0 Å². The summed E-state index contributed by atoms with van der Waals surface area (Å²) >= 11 is 0. The number of aryl methyl sites for hydroxylation is 1. The minimum atomic E-state index is -0.253. The molecule has 2 aromatic rings. The fourth-order valence-corrected chi connectivity index (χ4v) is 3.99. The minimum Gasteiger partial charge on any atom is -0.491 e. The number of nitrogens with zero attached hydrogens (tertiary/aromatic N) is 2. The third-order valence-corrected chi connectivity index (χ3v) is 5.86. The molecule has 33 heavy (non-hydrogen) atoms. The van der Waals surface area contributed by atoms with E-state index in [4.69, 9.17) is 19.9 Å². The number of carbonyl (C=O) groups is 1. The highest BCUT2D eigenvalue weighted by Crippen LogP contribution is 2.31. The minimum absolute atomic E-state index is 0.121. The monoisotopic (exact) mass is 455 g/mol. The molecule has 1 fully saturated rings. The third-order valence-electron chi connectivity index (χ3n) is 5.86. The SMILES string of the molecule is COCCCc1cc(CN(C(=O)C(CN)Cc2cccnc2)C2CC2)cc(OCCOC)c1. The Kier molecular flexibility index (Phi) is 10.1. The maximum absolute atomic E-state index is 13.5. The molecule has 0 radical (unpaired) electrons. The van der Waals surface area contributed by atoms with E-state index in [1.54, 1.807) is 20.4 Å². The molecule has 1 saturated carbocycles. The molecule has 7 nitrogen and oxygen atoms in total. The van der Waals surface area contributed by atoms with Crippen LogP contribution in [0.25, 0.3) is 0 Å². The molecule has 1 aromatic heterocycles. The summed E-state index contributed by atoms with van der Waals surface area (Å²) in [6.45, 7) is 2.61. The molecule has 0 spiro atoms. The standard InChI is InChI=1S/C26H37N3O4/c1-31-10-4-6-20-13-22(16-25(15-20)33-12-11-32-2)19-29(24-7-8-24)26(30)23(17-27)14-21-5-3-9-28-18-21/h3,5,9,13,15-16,18,23-24H,4,6-8,10-12,14,17,19,27H2,1-2H3. The Hall–Kier alpha value is -2.48. The Morgan fingerprint density at radius 2 is 1.91 bits per heavy atom. The molecular formula is C26H37N3O4. The van der Waals surface area contributed by atoms with E-state index in [1.807, 2.05) is 29.3 Å². The van der Waals surface area contributed by atoms with E-state index in [0.29, 0.717) is 39.3 Å². The van der Waals surface area contributed by atoms with Crippen LogP contribution in [-0.4, -0.2) is 62.4 Å². The van der Waals surface area contributed by atoms with Gasteiger partial charge in [-0.15, -0.1) is 0 Å². The Morgan fingerprint density at radius 1 is 1.12 bits per heavy atom. The number of hydrogen-bond acceptors (Lipinski definition) is 6. The smallest absolute Gasteiger partial charge is 0.227 e. The lowest BCUT2D eigenvalue weighted by atomic mass is 9.98. The summed E-state index contributed by atoms with van der Waals surface area (Å²) in [6, 6.07) is 10.5. The van der Waals surface area contributed by atoms with Crippen molar-refractivity contribution in [1.29, 1.82) is 0 Å². The number of hydrogen-bond donors (Lipinski definition) is 1.